The van der Waals surface area contributed by atoms with Gasteiger partial charge in [0.15, 0.2) is 0 Å². The van der Waals surface area contributed by atoms with E-state index in [-0.39, 0.29) is 18.6 Å². The molecule has 1 amide bonds. The van der Waals surface area contributed by atoms with Gasteiger partial charge in [-0.1, -0.05) is 6.92 Å². The summed E-state index contributed by atoms with van der Waals surface area (Å²) >= 11 is 0. The minimum Gasteiger partial charge on any atom is -0.462 e. The summed E-state index contributed by atoms with van der Waals surface area (Å²) in [7, 11) is 0. The number of hydrogen-bond donors (Lipinski definition) is 2. The zero-order chi connectivity index (χ0) is 12.7. The lowest BCUT2D eigenvalue weighted by atomic mass is 10.1. The van der Waals surface area contributed by atoms with Crippen molar-refractivity contribution >= 4 is 12.0 Å². The van der Waals surface area contributed by atoms with Gasteiger partial charge in [-0.3, -0.25) is 4.79 Å². The van der Waals surface area contributed by atoms with Crippen LogP contribution in [0, 0.1) is 6.92 Å². The summed E-state index contributed by atoms with van der Waals surface area (Å²) in [5.74, 6) is 1.31. The van der Waals surface area contributed by atoms with Gasteiger partial charge in [0.05, 0.1) is 0 Å². The largest absolute Gasteiger partial charge is 0.462 e. The molecule has 0 spiro atoms. The number of rotatable bonds is 6. The van der Waals surface area contributed by atoms with E-state index in [2.05, 4.69) is 5.32 Å². The highest BCUT2D eigenvalue weighted by Crippen LogP contribution is 2.07. The quantitative estimate of drug-likeness (QED) is 0.742. The highest BCUT2D eigenvalue weighted by molar-refractivity contribution is 5.91. The number of carbonyl (C=O) groups excluding carboxylic acids is 1. The van der Waals surface area contributed by atoms with Crippen molar-refractivity contribution < 1.29 is 14.3 Å². The van der Waals surface area contributed by atoms with Crippen LogP contribution in [0.15, 0.2) is 22.6 Å². The normalized spacial score (nSPS) is 12.9. The Kier molecular flexibility index (Phi) is 5.49. The lowest BCUT2D eigenvalue weighted by Crippen LogP contribution is -2.33. The maximum atomic E-state index is 11.5. The number of hydrogen-bond acceptors (Lipinski definition) is 3. The van der Waals surface area contributed by atoms with Crippen LogP contribution in [-0.4, -0.2) is 23.7 Å². The number of furan rings is 1. The van der Waals surface area contributed by atoms with E-state index >= 15 is 0 Å². The lowest BCUT2D eigenvalue weighted by molar-refractivity contribution is -0.117. The predicted molar refractivity (Wildman–Crippen MR) is 66.4 cm³/mol. The molecule has 1 unspecified atom stereocenters. The Morgan fingerprint density at radius 2 is 2.35 bits per heavy atom. The number of aliphatic hydroxyl groups excluding tert-OH is 1. The Hall–Kier alpha value is -1.55. The van der Waals surface area contributed by atoms with Gasteiger partial charge in [-0.15, -0.1) is 0 Å². The van der Waals surface area contributed by atoms with Gasteiger partial charge in [0.2, 0.25) is 5.91 Å². The molecule has 1 rings (SSSR count). The van der Waals surface area contributed by atoms with Gasteiger partial charge < -0.3 is 14.8 Å². The molecule has 1 atom stereocenters. The summed E-state index contributed by atoms with van der Waals surface area (Å²) in [5.41, 5.74) is 0. The molecular formula is C13H19NO3. The van der Waals surface area contributed by atoms with Gasteiger partial charge in [0.1, 0.15) is 11.5 Å². The molecule has 0 aliphatic rings. The molecule has 0 aliphatic heterocycles. The maximum Gasteiger partial charge on any atom is 0.244 e. The molecule has 4 nitrogen and oxygen atoms in total. The zero-order valence-corrected chi connectivity index (χ0v) is 10.3. The zero-order valence-electron chi connectivity index (χ0n) is 10.3. The smallest absolute Gasteiger partial charge is 0.244 e. The molecule has 0 saturated carbocycles. The molecule has 0 fully saturated rings. The fourth-order valence-electron chi connectivity index (χ4n) is 1.48. The van der Waals surface area contributed by atoms with E-state index in [4.69, 9.17) is 9.52 Å². The Bertz CT molecular complexity index is 382. The van der Waals surface area contributed by atoms with E-state index in [9.17, 15) is 4.79 Å². The van der Waals surface area contributed by atoms with Crippen LogP contribution in [0.3, 0.4) is 0 Å². The van der Waals surface area contributed by atoms with Gasteiger partial charge in [0.25, 0.3) is 0 Å². The third-order valence-electron chi connectivity index (χ3n) is 2.48. The minimum atomic E-state index is -0.167. The summed E-state index contributed by atoms with van der Waals surface area (Å²) in [6, 6.07) is 3.68. The topological polar surface area (TPSA) is 62.5 Å². The van der Waals surface area contributed by atoms with Crippen molar-refractivity contribution in [2.75, 3.05) is 6.61 Å². The third kappa shape index (κ3) is 4.87. The van der Waals surface area contributed by atoms with Crippen LogP contribution in [0.2, 0.25) is 0 Å². The first-order valence-corrected chi connectivity index (χ1v) is 5.81. The average molecular weight is 237 g/mol. The number of amides is 1. The van der Waals surface area contributed by atoms with Gasteiger partial charge in [-0.25, -0.2) is 0 Å². The summed E-state index contributed by atoms with van der Waals surface area (Å²) in [6.07, 6.45) is 4.46. The summed E-state index contributed by atoms with van der Waals surface area (Å²) < 4.78 is 5.31. The highest BCUT2D eigenvalue weighted by atomic mass is 16.3. The van der Waals surface area contributed by atoms with Crippen LogP contribution in [0.5, 0.6) is 0 Å². The molecule has 1 aromatic rings. The number of nitrogens with one attached hydrogen (secondary N) is 1. The number of aryl methyl sites for hydroxylation is 1. The Morgan fingerprint density at radius 3 is 2.88 bits per heavy atom. The van der Waals surface area contributed by atoms with E-state index in [0.29, 0.717) is 12.2 Å². The highest BCUT2D eigenvalue weighted by Gasteiger charge is 2.07. The summed E-state index contributed by atoms with van der Waals surface area (Å²) in [5, 5.41) is 11.6. The van der Waals surface area contributed by atoms with Gasteiger partial charge >= 0.3 is 0 Å². The van der Waals surface area contributed by atoms with Crippen molar-refractivity contribution in [1.82, 2.24) is 5.32 Å². The van der Waals surface area contributed by atoms with E-state index in [0.717, 1.165) is 12.2 Å². The Balaban J connectivity index is 2.45. The lowest BCUT2D eigenvalue weighted by Gasteiger charge is -2.13. The first-order valence-electron chi connectivity index (χ1n) is 5.81. The minimum absolute atomic E-state index is 0.0236. The number of aliphatic hydroxyl groups is 1. The van der Waals surface area contributed by atoms with Crippen molar-refractivity contribution in [3.8, 4) is 0 Å². The molecule has 0 bridgehead atoms. The molecule has 1 aromatic heterocycles. The van der Waals surface area contributed by atoms with Crippen LogP contribution in [0.4, 0.5) is 0 Å². The van der Waals surface area contributed by atoms with Crippen molar-refractivity contribution in [1.29, 1.82) is 0 Å². The molecule has 2 N–H and O–H groups in total. The van der Waals surface area contributed by atoms with Crippen LogP contribution in [0.1, 0.15) is 31.3 Å². The van der Waals surface area contributed by atoms with Crippen molar-refractivity contribution in [2.24, 2.45) is 0 Å². The average Bonchev–Trinajstić information content (AvgIpc) is 2.72. The number of carbonyl (C=O) groups is 1. The molecule has 1 heterocycles. The van der Waals surface area contributed by atoms with Crippen LogP contribution in [0.25, 0.3) is 6.08 Å². The molecule has 94 valence electrons. The van der Waals surface area contributed by atoms with Gasteiger partial charge in [0, 0.05) is 18.7 Å². The molecule has 4 heteroatoms. The van der Waals surface area contributed by atoms with Gasteiger partial charge in [-0.2, -0.15) is 0 Å². The standard InChI is InChI=1S/C13H19NO3/c1-3-11(8-9-15)14-13(16)7-6-12-5-4-10(2)17-12/h4-7,11,15H,3,8-9H2,1-2H3,(H,14,16)/b7-6+. The predicted octanol–water partition coefficient (Wildman–Crippen LogP) is 1.88. The molecule has 0 saturated heterocycles. The second-order valence-corrected chi connectivity index (χ2v) is 3.91. The molecule has 0 aliphatic carbocycles. The van der Waals surface area contributed by atoms with Crippen molar-refractivity contribution in [2.45, 2.75) is 32.7 Å². The monoisotopic (exact) mass is 237 g/mol. The summed E-state index contributed by atoms with van der Waals surface area (Å²) in [4.78, 5) is 11.5. The second-order valence-electron chi connectivity index (χ2n) is 3.91. The first kappa shape index (κ1) is 13.5. The van der Waals surface area contributed by atoms with Crippen LogP contribution >= 0.6 is 0 Å². The fraction of sp³-hybridized carbons (Fsp3) is 0.462. The van der Waals surface area contributed by atoms with E-state index in [1.165, 1.54) is 6.08 Å². The molecule has 0 aromatic carbocycles. The maximum absolute atomic E-state index is 11.5. The SMILES string of the molecule is CCC(CCO)NC(=O)/C=C/c1ccc(C)o1. The van der Waals surface area contributed by atoms with Crippen LogP contribution < -0.4 is 5.32 Å². The Morgan fingerprint density at radius 1 is 1.59 bits per heavy atom. The van der Waals surface area contributed by atoms with Crippen molar-refractivity contribution in [3.63, 3.8) is 0 Å². The molecule has 17 heavy (non-hydrogen) atoms. The van der Waals surface area contributed by atoms with E-state index in [1.807, 2.05) is 26.0 Å². The molecule has 0 radical (unpaired) electrons. The third-order valence-corrected chi connectivity index (χ3v) is 2.48. The molecular weight excluding hydrogens is 218 g/mol. The summed E-state index contributed by atoms with van der Waals surface area (Å²) in [6.45, 7) is 3.91. The van der Waals surface area contributed by atoms with E-state index in [1.54, 1.807) is 6.08 Å². The van der Waals surface area contributed by atoms with Gasteiger partial charge in [-0.05, 0) is 38.0 Å². The second kappa shape index (κ2) is 6.91. The first-order chi connectivity index (χ1) is 8.15. The van der Waals surface area contributed by atoms with Crippen LogP contribution in [-0.2, 0) is 4.79 Å². The van der Waals surface area contributed by atoms with E-state index < -0.39 is 0 Å². The fourth-order valence-corrected chi connectivity index (χ4v) is 1.48. The Labute approximate surface area is 101 Å². The van der Waals surface area contributed by atoms with Crippen molar-refractivity contribution in [3.05, 3.63) is 29.7 Å².